The average Bonchev–Trinajstić information content (AvgIpc) is 3.22. The second-order valence-corrected chi connectivity index (χ2v) is 6.54. The lowest BCUT2D eigenvalue weighted by molar-refractivity contribution is 0.429. The van der Waals surface area contributed by atoms with E-state index >= 15 is 0 Å². The second-order valence-electron chi connectivity index (χ2n) is 5.60. The molecule has 0 bridgehead atoms. The maximum atomic E-state index is 6.18. The van der Waals surface area contributed by atoms with Crippen LogP contribution in [-0.4, -0.2) is 18.0 Å². The molecule has 0 atom stereocenters. The van der Waals surface area contributed by atoms with Gasteiger partial charge in [-0.3, -0.25) is 0 Å². The molecular weight excluding hydrogens is 290 g/mol. The van der Waals surface area contributed by atoms with Gasteiger partial charge in [0, 0.05) is 18.0 Å². The van der Waals surface area contributed by atoms with Gasteiger partial charge in [0.25, 0.3) is 0 Å². The molecule has 0 radical (unpaired) electrons. The van der Waals surface area contributed by atoms with E-state index in [-0.39, 0.29) is 0 Å². The first-order chi connectivity index (χ1) is 10.8. The molecule has 116 valence electrons. The Morgan fingerprint density at radius 3 is 2.82 bits per heavy atom. The van der Waals surface area contributed by atoms with Crippen molar-refractivity contribution in [1.82, 2.24) is 4.90 Å². The highest BCUT2D eigenvalue weighted by Crippen LogP contribution is 2.31. The number of nitrogen functional groups attached to an aromatic ring is 1. The monoisotopic (exact) mass is 313 g/mol. The third-order valence-electron chi connectivity index (χ3n) is 3.97. The Labute approximate surface area is 136 Å². The Morgan fingerprint density at radius 2 is 2.14 bits per heavy atom. The fourth-order valence-electron chi connectivity index (χ4n) is 2.81. The van der Waals surface area contributed by atoms with Crippen LogP contribution in [0.15, 0.2) is 47.6 Å². The van der Waals surface area contributed by atoms with E-state index in [1.54, 1.807) is 11.3 Å². The summed E-state index contributed by atoms with van der Waals surface area (Å²) in [4.78, 5) is 3.69. The number of hydrogen-bond acceptors (Lipinski definition) is 4. The summed E-state index contributed by atoms with van der Waals surface area (Å²) in [6, 6.07) is 10.5. The molecule has 22 heavy (non-hydrogen) atoms. The topological polar surface area (TPSA) is 41.3 Å². The van der Waals surface area contributed by atoms with Gasteiger partial charge in [-0.1, -0.05) is 19.1 Å². The molecule has 3 N–H and O–H groups in total. The maximum absolute atomic E-state index is 6.18. The van der Waals surface area contributed by atoms with Crippen LogP contribution < -0.4 is 11.1 Å². The first-order valence-electron chi connectivity index (χ1n) is 7.93. The number of rotatable bonds is 5. The van der Waals surface area contributed by atoms with Gasteiger partial charge in [0.05, 0.1) is 11.4 Å². The van der Waals surface area contributed by atoms with Crippen LogP contribution in [0.1, 0.15) is 26.2 Å². The summed E-state index contributed by atoms with van der Waals surface area (Å²) in [6.07, 6.45) is 5.81. The van der Waals surface area contributed by atoms with Crippen molar-refractivity contribution in [3.05, 3.63) is 47.6 Å². The molecule has 1 saturated heterocycles. The number of nitrogens with two attached hydrogens (primary N) is 1. The van der Waals surface area contributed by atoms with Gasteiger partial charge in [0.1, 0.15) is 5.82 Å². The number of nitrogens with zero attached hydrogens (tertiary/aromatic N) is 1. The number of anilines is 2. The molecule has 1 aliphatic heterocycles. The van der Waals surface area contributed by atoms with E-state index in [1.807, 2.05) is 6.07 Å². The van der Waals surface area contributed by atoms with Crippen molar-refractivity contribution in [2.75, 3.05) is 24.1 Å². The molecule has 3 rings (SSSR count). The minimum atomic E-state index is 0.793. The molecule has 4 heteroatoms. The van der Waals surface area contributed by atoms with Crippen molar-refractivity contribution in [3.8, 4) is 10.4 Å². The van der Waals surface area contributed by atoms with Gasteiger partial charge in [0.2, 0.25) is 0 Å². The summed E-state index contributed by atoms with van der Waals surface area (Å²) in [6.45, 7) is 4.43. The smallest absolute Gasteiger partial charge is 0.102 e. The van der Waals surface area contributed by atoms with E-state index in [4.69, 9.17) is 5.73 Å². The van der Waals surface area contributed by atoms with Crippen LogP contribution in [0.2, 0.25) is 0 Å². The first kappa shape index (κ1) is 15.0. The molecule has 0 aliphatic carbocycles. The van der Waals surface area contributed by atoms with Gasteiger partial charge in [-0.2, -0.15) is 0 Å². The summed E-state index contributed by atoms with van der Waals surface area (Å²) in [5.74, 6) is 1.19. The SMILES string of the molecule is CCC=C(Nc1cc(-c2cccs2)ccc1N)N1CCCC1. The third-order valence-corrected chi connectivity index (χ3v) is 4.88. The fourth-order valence-corrected chi connectivity index (χ4v) is 3.53. The van der Waals surface area contributed by atoms with Crippen molar-refractivity contribution < 1.29 is 0 Å². The Morgan fingerprint density at radius 1 is 1.32 bits per heavy atom. The Hall–Kier alpha value is -1.94. The number of thiophene rings is 1. The van der Waals surface area contributed by atoms with E-state index in [9.17, 15) is 0 Å². The minimum absolute atomic E-state index is 0.793. The van der Waals surface area contributed by atoms with Gasteiger partial charge in [0.15, 0.2) is 0 Å². The highest BCUT2D eigenvalue weighted by atomic mass is 32.1. The third kappa shape index (κ3) is 3.28. The summed E-state index contributed by atoms with van der Waals surface area (Å²) in [7, 11) is 0. The molecule has 0 saturated carbocycles. The highest BCUT2D eigenvalue weighted by molar-refractivity contribution is 7.13. The quantitative estimate of drug-likeness (QED) is 0.782. The zero-order valence-corrected chi connectivity index (χ0v) is 13.8. The number of allylic oxidation sites excluding steroid dienone is 1. The summed E-state index contributed by atoms with van der Waals surface area (Å²) < 4.78 is 0. The normalized spacial score (nSPS) is 15.3. The van der Waals surface area contributed by atoms with E-state index in [1.165, 1.54) is 29.1 Å². The molecule has 1 fully saturated rings. The van der Waals surface area contributed by atoms with Gasteiger partial charge < -0.3 is 16.0 Å². The number of nitrogens with one attached hydrogen (secondary N) is 1. The maximum Gasteiger partial charge on any atom is 0.102 e. The molecular formula is C18H23N3S. The summed E-state index contributed by atoms with van der Waals surface area (Å²) >= 11 is 1.75. The van der Waals surface area contributed by atoms with E-state index in [0.717, 1.165) is 30.9 Å². The van der Waals surface area contributed by atoms with E-state index in [0.29, 0.717) is 0 Å². The Bertz CT molecular complexity index is 640. The lowest BCUT2D eigenvalue weighted by atomic mass is 10.1. The predicted octanol–water partition coefficient (Wildman–Crippen LogP) is 4.76. The first-order valence-corrected chi connectivity index (χ1v) is 8.81. The van der Waals surface area contributed by atoms with Gasteiger partial charge in [-0.25, -0.2) is 0 Å². The van der Waals surface area contributed by atoms with Crippen LogP contribution in [0.25, 0.3) is 10.4 Å². The standard InChI is InChI=1S/C18H23N3S/c1-2-6-18(21-10-3-4-11-21)20-16-13-14(8-9-15(16)19)17-7-5-12-22-17/h5-9,12-13,20H,2-4,10-11,19H2,1H3. The lowest BCUT2D eigenvalue weighted by Gasteiger charge is -2.24. The van der Waals surface area contributed by atoms with Crippen molar-refractivity contribution in [2.24, 2.45) is 0 Å². The number of hydrogen-bond donors (Lipinski definition) is 2. The summed E-state index contributed by atoms with van der Waals surface area (Å²) in [5, 5.41) is 5.66. The van der Waals surface area contributed by atoms with Crippen LogP contribution >= 0.6 is 11.3 Å². The summed E-state index contributed by atoms with van der Waals surface area (Å²) in [5.41, 5.74) is 9.18. The molecule has 3 nitrogen and oxygen atoms in total. The second kappa shape index (κ2) is 6.88. The fraction of sp³-hybridized carbons (Fsp3) is 0.333. The molecule has 0 spiro atoms. The highest BCUT2D eigenvalue weighted by Gasteiger charge is 2.15. The minimum Gasteiger partial charge on any atom is -0.397 e. The van der Waals surface area contributed by atoms with Crippen molar-refractivity contribution in [1.29, 1.82) is 0 Å². The number of benzene rings is 1. The van der Waals surface area contributed by atoms with Crippen molar-refractivity contribution in [2.45, 2.75) is 26.2 Å². The van der Waals surface area contributed by atoms with Crippen LogP contribution in [0.4, 0.5) is 11.4 Å². The van der Waals surface area contributed by atoms with Gasteiger partial charge >= 0.3 is 0 Å². The molecule has 1 aliphatic rings. The van der Waals surface area contributed by atoms with Gasteiger partial charge in [-0.15, -0.1) is 11.3 Å². The Kier molecular flexibility index (Phi) is 4.68. The molecule has 0 amide bonds. The molecule has 0 unspecified atom stereocenters. The van der Waals surface area contributed by atoms with Crippen molar-refractivity contribution in [3.63, 3.8) is 0 Å². The lowest BCUT2D eigenvalue weighted by Crippen LogP contribution is -2.24. The van der Waals surface area contributed by atoms with Crippen LogP contribution in [0.3, 0.4) is 0 Å². The van der Waals surface area contributed by atoms with Crippen LogP contribution in [-0.2, 0) is 0 Å². The Balaban J connectivity index is 1.86. The number of likely N-dealkylation sites (tertiary alicyclic amines) is 1. The largest absolute Gasteiger partial charge is 0.397 e. The zero-order valence-electron chi connectivity index (χ0n) is 13.0. The molecule has 1 aromatic heterocycles. The average molecular weight is 313 g/mol. The van der Waals surface area contributed by atoms with E-state index < -0.39 is 0 Å². The van der Waals surface area contributed by atoms with Gasteiger partial charge in [-0.05, 0) is 54.5 Å². The molecule has 1 aromatic carbocycles. The molecule has 2 heterocycles. The van der Waals surface area contributed by atoms with Crippen molar-refractivity contribution >= 4 is 22.7 Å². The molecule has 2 aromatic rings. The predicted molar refractivity (Wildman–Crippen MR) is 97.0 cm³/mol. The zero-order chi connectivity index (χ0) is 15.4. The van der Waals surface area contributed by atoms with E-state index in [2.05, 4.69) is 52.9 Å². The van der Waals surface area contributed by atoms with Crippen LogP contribution in [0, 0.1) is 0 Å². The van der Waals surface area contributed by atoms with Crippen LogP contribution in [0.5, 0.6) is 0 Å².